The molecule has 2 rings (SSSR count). The van der Waals surface area contributed by atoms with E-state index in [0.717, 1.165) is 11.0 Å². The summed E-state index contributed by atoms with van der Waals surface area (Å²) in [5.41, 5.74) is 1.08. The highest BCUT2D eigenvalue weighted by molar-refractivity contribution is 9.24. The molecule has 21 heavy (non-hydrogen) atoms. The summed E-state index contributed by atoms with van der Waals surface area (Å²) in [6.45, 7) is 7.96. The predicted octanol–water partition coefficient (Wildman–Crippen LogP) is 4.15. The monoisotopic (exact) mass is 436 g/mol. The first-order valence-corrected chi connectivity index (χ1v) is 8.74. The van der Waals surface area contributed by atoms with E-state index in [1.807, 2.05) is 33.8 Å². The van der Waals surface area contributed by atoms with Crippen LogP contribution in [0.15, 0.2) is 18.2 Å². The second kappa shape index (κ2) is 5.97. The van der Waals surface area contributed by atoms with E-state index in [1.165, 1.54) is 0 Å². The minimum atomic E-state index is -0.543. The molecule has 0 atom stereocenters. The summed E-state index contributed by atoms with van der Waals surface area (Å²) in [5, 5.41) is -0.507. The summed E-state index contributed by atoms with van der Waals surface area (Å²) in [6, 6.07) is 5.35. The highest BCUT2D eigenvalue weighted by Crippen LogP contribution is 2.38. The highest BCUT2D eigenvalue weighted by Gasteiger charge is 2.52. The first-order chi connectivity index (χ1) is 9.57. The third-order valence-electron chi connectivity index (χ3n) is 4.08. The van der Waals surface area contributed by atoms with E-state index in [0.29, 0.717) is 5.56 Å². The van der Waals surface area contributed by atoms with Gasteiger partial charge in [0.25, 0.3) is 5.24 Å². The van der Waals surface area contributed by atoms with Gasteiger partial charge in [0, 0.05) is 5.56 Å². The molecule has 0 saturated carbocycles. The Balaban J connectivity index is 2.51. The van der Waals surface area contributed by atoms with E-state index in [-0.39, 0.29) is 3.74 Å². The Bertz CT molecular complexity index is 559. The maximum absolute atomic E-state index is 11.6. The topological polar surface area (TPSA) is 35.5 Å². The smallest absolute Gasteiger partial charge is 0.399 e. The molecule has 1 fully saturated rings. The standard InChI is InChI=1S/C14H16BBr2ClO3/c1-13(2)14(3,4)21-15(20-13)9-7-5-6-8(12(18)19)10(9)11(16)17/h5-7,11H,1-4H3. The molecule has 1 aromatic carbocycles. The van der Waals surface area contributed by atoms with Crippen LogP contribution in [-0.4, -0.2) is 23.6 Å². The van der Waals surface area contributed by atoms with E-state index in [2.05, 4.69) is 31.9 Å². The SMILES string of the molecule is CC1(C)OB(c2cccc(C(=O)Cl)c2C(Br)Br)OC1(C)C. The van der Waals surface area contributed by atoms with Crippen LogP contribution in [0.2, 0.25) is 0 Å². The van der Waals surface area contributed by atoms with Crippen molar-refractivity contribution in [2.75, 3.05) is 0 Å². The number of rotatable bonds is 3. The fourth-order valence-corrected chi connectivity index (χ4v) is 3.36. The molecule has 0 radical (unpaired) electrons. The van der Waals surface area contributed by atoms with Gasteiger partial charge in [0.2, 0.25) is 0 Å². The van der Waals surface area contributed by atoms with Crippen LogP contribution in [0.5, 0.6) is 0 Å². The Labute approximate surface area is 147 Å². The Morgan fingerprint density at radius 2 is 1.71 bits per heavy atom. The maximum Gasteiger partial charge on any atom is 0.495 e. The van der Waals surface area contributed by atoms with Gasteiger partial charge >= 0.3 is 7.12 Å². The third-order valence-corrected chi connectivity index (χ3v) is 5.20. The lowest BCUT2D eigenvalue weighted by Gasteiger charge is -2.32. The normalized spacial score (nSPS) is 20.1. The largest absolute Gasteiger partial charge is 0.495 e. The molecule has 0 bridgehead atoms. The number of benzene rings is 1. The van der Waals surface area contributed by atoms with Crippen LogP contribution in [0.4, 0.5) is 0 Å². The van der Waals surface area contributed by atoms with E-state index < -0.39 is 23.6 Å². The summed E-state index contributed by atoms with van der Waals surface area (Å²) >= 11 is 12.6. The predicted molar refractivity (Wildman–Crippen MR) is 92.9 cm³/mol. The van der Waals surface area contributed by atoms with Crippen molar-refractivity contribution >= 4 is 61.3 Å². The molecule has 0 aliphatic carbocycles. The van der Waals surface area contributed by atoms with Gasteiger partial charge in [0.15, 0.2) is 0 Å². The second-order valence-electron chi connectivity index (χ2n) is 5.97. The molecule has 0 aromatic heterocycles. The van der Waals surface area contributed by atoms with Crippen LogP contribution in [0.3, 0.4) is 0 Å². The van der Waals surface area contributed by atoms with Crippen LogP contribution in [0, 0.1) is 0 Å². The first kappa shape index (κ1) is 17.5. The number of halogens is 3. The Kier molecular flexibility index (Phi) is 4.97. The number of hydrogen-bond acceptors (Lipinski definition) is 3. The maximum atomic E-state index is 11.6. The highest BCUT2D eigenvalue weighted by atomic mass is 79.9. The third kappa shape index (κ3) is 3.25. The van der Waals surface area contributed by atoms with Gasteiger partial charge in [-0.1, -0.05) is 44.0 Å². The average Bonchev–Trinajstić information content (AvgIpc) is 2.57. The number of carbonyl (C=O) groups is 1. The van der Waals surface area contributed by atoms with Crippen LogP contribution >= 0.6 is 43.5 Å². The van der Waals surface area contributed by atoms with E-state index in [9.17, 15) is 4.79 Å². The van der Waals surface area contributed by atoms with Crippen molar-refractivity contribution in [2.24, 2.45) is 0 Å². The summed E-state index contributed by atoms with van der Waals surface area (Å²) in [4.78, 5) is 11.6. The Morgan fingerprint density at radius 3 is 2.14 bits per heavy atom. The first-order valence-electron chi connectivity index (χ1n) is 6.53. The minimum absolute atomic E-state index is 0.224. The van der Waals surface area contributed by atoms with Crippen molar-refractivity contribution in [1.82, 2.24) is 0 Å². The average molecular weight is 438 g/mol. The van der Waals surface area contributed by atoms with Gasteiger partial charge in [-0.15, -0.1) is 0 Å². The van der Waals surface area contributed by atoms with Gasteiger partial charge < -0.3 is 9.31 Å². The number of alkyl halides is 2. The Morgan fingerprint density at radius 1 is 1.19 bits per heavy atom. The second-order valence-corrected chi connectivity index (χ2v) is 9.37. The molecule has 1 aliphatic rings. The van der Waals surface area contributed by atoms with Gasteiger partial charge in [-0.25, -0.2) is 0 Å². The molecule has 1 aliphatic heterocycles. The summed E-state index contributed by atoms with van der Waals surface area (Å²) in [7, 11) is -0.543. The van der Waals surface area contributed by atoms with Crippen molar-refractivity contribution in [3.63, 3.8) is 0 Å². The zero-order valence-electron chi connectivity index (χ0n) is 12.2. The van der Waals surface area contributed by atoms with Crippen molar-refractivity contribution in [3.05, 3.63) is 29.3 Å². The van der Waals surface area contributed by atoms with Crippen LogP contribution < -0.4 is 5.46 Å². The van der Waals surface area contributed by atoms with Crippen LogP contribution in [0.1, 0.15) is 47.4 Å². The Hall–Kier alpha value is 0.125. The number of hydrogen-bond donors (Lipinski definition) is 0. The zero-order chi connectivity index (χ0) is 16.0. The quantitative estimate of drug-likeness (QED) is 0.404. The van der Waals surface area contributed by atoms with Crippen molar-refractivity contribution < 1.29 is 14.1 Å². The lowest BCUT2D eigenvalue weighted by atomic mass is 9.75. The van der Waals surface area contributed by atoms with Gasteiger partial charge in [0.1, 0.15) is 0 Å². The fourth-order valence-electron chi connectivity index (χ4n) is 2.17. The van der Waals surface area contributed by atoms with Gasteiger partial charge in [-0.2, -0.15) is 0 Å². The molecule has 0 N–H and O–H groups in total. The van der Waals surface area contributed by atoms with Gasteiger partial charge in [0.05, 0.1) is 14.9 Å². The molecule has 0 amide bonds. The fraction of sp³-hybridized carbons (Fsp3) is 0.500. The van der Waals surface area contributed by atoms with Gasteiger partial charge in [-0.3, -0.25) is 4.79 Å². The summed E-state index contributed by atoms with van der Waals surface area (Å²) in [6.07, 6.45) is 0. The van der Waals surface area contributed by atoms with Crippen molar-refractivity contribution in [2.45, 2.75) is 42.6 Å². The molecule has 0 unspecified atom stereocenters. The molecular formula is C14H16BBr2ClO3. The molecule has 114 valence electrons. The molecule has 7 heteroatoms. The molecule has 0 spiro atoms. The van der Waals surface area contributed by atoms with E-state index in [4.69, 9.17) is 20.9 Å². The molecule has 1 saturated heterocycles. The zero-order valence-corrected chi connectivity index (χ0v) is 16.2. The molecule has 1 heterocycles. The van der Waals surface area contributed by atoms with E-state index >= 15 is 0 Å². The summed E-state index contributed by atoms with van der Waals surface area (Å²) in [5.74, 6) is 0. The van der Waals surface area contributed by atoms with Gasteiger partial charge in [-0.05, 0) is 56.4 Å². The minimum Gasteiger partial charge on any atom is -0.399 e. The lowest BCUT2D eigenvalue weighted by Crippen LogP contribution is -2.41. The van der Waals surface area contributed by atoms with Crippen LogP contribution in [-0.2, 0) is 9.31 Å². The van der Waals surface area contributed by atoms with Crippen molar-refractivity contribution in [1.29, 1.82) is 0 Å². The molecule has 3 nitrogen and oxygen atoms in total. The van der Waals surface area contributed by atoms with Crippen LogP contribution in [0.25, 0.3) is 0 Å². The molecular weight excluding hydrogens is 422 g/mol. The lowest BCUT2D eigenvalue weighted by molar-refractivity contribution is 0.00578. The molecule has 1 aromatic rings. The summed E-state index contributed by atoms with van der Waals surface area (Å²) < 4.78 is 11.9. The van der Waals surface area contributed by atoms with Crippen molar-refractivity contribution in [3.8, 4) is 0 Å². The van der Waals surface area contributed by atoms with E-state index in [1.54, 1.807) is 12.1 Å². The number of carbonyl (C=O) groups excluding carboxylic acids is 1.